The Kier molecular flexibility index (Phi) is 5.68. The zero-order chi connectivity index (χ0) is 23.0. The first-order chi connectivity index (χ1) is 15.3. The lowest BCUT2D eigenvalue weighted by Crippen LogP contribution is -2.30. The van der Waals surface area contributed by atoms with Gasteiger partial charge in [0.1, 0.15) is 17.2 Å². The van der Waals surface area contributed by atoms with Crippen molar-refractivity contribution in [2.24, 2.45) is 0 Å². The molecule has 0 bridgehead atoms. The number of fused-ring (bicyclic) bond motifs is 1. The molecule has 2 N–H and O–H groups in total. The average molecular weight is 469 g/mol. The van der Waals surface area contributed by atoms with Gasteiger partial charge in [-0.05, 0) is 6.92 Å². The van der Waals surface area contributed by atoms with Gasteiger partial charge in [0, 0.05) is 17.9 Å². The van der Waals surface area contributed by atoms with Crippen LogP contribution in [0.2, 0.25) is 0 Å². The number of carbonyl (C=O) groups excluding carboxylic acids is 2. The van der Waals surface area contributed by atoms with Crippen LogP contribution in [0.4, 0.5) is 5.13 Å². The van der Waals surface area contributed by atoms with E-state index in [-0.39, 0.29) is 32.5 Å². The van der Waals surface area contributed by atoms with Crippen LogP contribution in [-0.4, -0.2) is 37.3 Å². The number of carboxylic acids is 1. The van der Waals surface area contributed by atoms with E-state index in [1.54, 1.807) is 31.2 Å². The van der Waals surface area contributed by atoms with Crippen LogP contribution in [0.5, 0.6) is 0 Å². The van der Waals surface area contributed by atoms with Crippen molar-refractivity contribution < 1.29 is 19.5 Å². The van der Waals surface area contributed by atoms with Gasteiger partial charge in [-0.15, -0.1) is 11.3 Å². The van der Waals surface area contributed by atoms with E-state index in [1.807, 2.05) is 6.07 Å². The van der Waals surface area contributed by atoms with Gasteiger partial charge in [-0.25, -0.2) is 14.8 Å². The molecule has 4 rings (SSSR count). The van der Waals surface area contributed by atoms with E-state index < -0.39 is 24.0 Å². The predicted molar refractivity (Wildman–Crippen MR) is 122 cm³/mol. The number of carbonyl (C=O) groups is 3. The van der Waals surface area contributed by atoms with Gasteiger partial charge < -0.3 is 10.4 Å². The summed E-state index contributed by atoms with van der Waals surface area (Å²) >= 11 is 2.11. The van der Waals surface area contributed by atoms with Crippen molar-refractivity contribution >= 4 is 55.7 Å². The molecule has 0 atom stereocenters. The third kappa shape index (κ3) is 3.95. The maximum Gasteiger partial charge on any atom is 0.337 e. The smallest absolute Gasteiger partial charge is 0.337 e. The Morgan fingerprint density at radius 2 is 1.88 bits per heavy atom. The Morgan fingerprint density at radius 1 is 1.16 bits per heavy atom. The second-order valence-corrected chi connectivity index (χ2v) is 8.72. The Balaban J connectivity index is 1.78. The lowest BCUT2D eigenvalue weighted by molar-refractivity contribution is -0.116. The number of thiazole rings is 1. The first-order valence-electron chi connectivity index (χ1n) is 9.35. The SMILES string of the molecule is CC(=O)c1sc(NC(=O)Cn2c(-c3ccccc3)nc3scc(C(=O)O)c3c2=O)nc1C. The summed E-state index contributed by atoms with van der Waals surface area (Å²) in [6.07, 6.45) is 0. The van der Waals surface area contributed by atoms with E-state index in [0.717, 1.165) is 27.2 Å². The van der Waals surface area contributed by atoms with Crippen LogP contribution >= 0.6 is 22.7 Å². The lowest BCUT2D eigenvalue weighted by Gasteiger charge is -2.12. The summed E-state index contributed by atoms with van der Waals surface area (Å²) in [5.41, 5.74) is 0.334. The highest BCUT2D eigenvalue weighted by Crippen LogP contribution is 2.26. The van der Waals surface area contributed by atoms with E-state index in [0.29, 0.717) is 16.1 Å². The minimum Gasteiger partial charge on any atom is -0.478 e. The topological polar surface area (TPSA) is 131 Å². The number of aryl methyl sites for hydroxylation is 1. The van der Waals surface area contributed by atoms with Crippen LogP contribution in [0.1, 0.15) is 32.6 Å². The van der Waals surface area contributed by atoms with Gasteiger partial charge in [0.05, 0.1) is 21.5 Å². The van der Waals surface area contributed by atoms with Gasteiger partial charge >= 0.3 is 5.97 Å². The zero-order valence-electron chi connectivity index (χ0n) is 16.9. The third-order valence-electron chi connectivity index (χ3n) is 4.62. The molecule has 3 heterocycles. The number of thiophene rings is 1. The summed E-state index contributed by atoms with van der Waals surface area (Å²) in [4.78, 5) is 58.6. The van der Waals surface area contributed by atoms with Crippen molar-refractivity contribution in [2.45, 2.75) is 20.4 Å². The molecule has 0 aliphatic carbocycles. The molecule has 9 nitrogen and oxygen atoms in total. The molecule has 11 heteroatoms. The minimum absolute atomic E-state index is 0.0426. The number of nitrogens with one attached hydrogen (secondary N) is 1. The number of nitrogens with zero attached hydrogens (tertiary/aromatic N) is 3. The first kappa shape index (κ1) is 21.5. The maximum atomic E-state index is 13.3. The fourth-order valence-corrected chi connectivity index (χ4v) is 5.00. The van der Waals surface area contributed by atoms with E-state index in [9.17, 15) is 24.3 Å². The number of carboxylic acid groups (broad SMARTS) is 1. The fraction of sp³-hybridized carbons (Fsp3) is 0.143. The summed E-state index contributed by atoms with van der Waals surface area (Å²) < 4.78 is 1.15. The molecular formula is C21H16N4O5S2. The molecule has 0 spiro atoms. The monoisotopic (exact) mass is 468 g/mol. The number of Topliss-reactive ketones (excluding diaryl/α,β-unsaturated/α-hetero) is 1. The van der Waals surface area contributed by atoms with Crippen molar-refractivity contribution in [3.8, 4) is 11.4 Å². The summed E-state index contributed by atoms with van der Waals surface area (Å²) in [5, 5.41) is 13.6. The predicted octanol–water partition coefficient (Wildman–Crippen LogP) is 3.43. The zero-order valence-corrected chi connectivity index (χ0v) is 18.5. The molecule has 0 radical (unpaired) electrons. The van der Waals surface area contributed by atoms with Crippen molar-refractivity contribution in [1.82, 2.24) is 14.5 Å². The van der Waals surface area contributed by atoms with Gasteiger partial charge in [0.25, 0.3) is 5.56 Å². The number of ketones is 1. The van der Waals surface area contributed by atoms with Crippen molar-refractivity contribution in [1.29, 1.82) is 0 Å². The third-order valence-corrected chi connectivity index (χ3v) is 6.67. The molecule has 0 unspecified atom stereocenters. The van der Waals surface area contributed by atoms with Gasteiger partial charge in [-0.3, -0.25) is 19.0 Å². The van der Waals surface area contributed by atoms with Crippen LogP contribution in [0.25, 0.3) is 21.6 Å². The Morgan fingerprint density at radius 3 is 2.50 bits per heavy atom. The molecular weight excluding hydrogens is 452 g/mol. The fourth-order valence-electron chi connectivity index (χ4n) is 3.21. The summed E-state index contributed by atoms with van der Waals surface area (Å²) in [6.45, 7) is 2.68. The van der Waals surface area contributed by atoms with E-state index in [2.05, 4.69) is 15.3 Å². The first-order valence-corrected chi connectivity index (χ1v) is 11.0. The molecule has 0 fully saturated rings. The number of hydrogen-bond donors (Lipinski definition) is 2. The molecule has 0 aliphatic heterocycles. The van der Waals surface area contributed by atoms with Gasteiger partial charge in [-0.2, -0.15) is 0 Å². The largest absolute Gasteiger partial charge is 0.478 e. The average Bonchev–Trinajstić information content (AvgIpc) is 3.34. The molecule has 0 aliphatic rings. The number of benzene rings is 1. The van der Waals surface area contributed by atoms with E-state index >= 15 is 0 Å². The minimum atomic E-state index is -1.24. The molecule has 3 aromatic heterocycles. The number of aromatic carboxylic acids is 1. The number of amides is 1. The second-order valence-electron chi connectivity index (χ2n) is 6.87. The molecule has 4 aromatic rings. The van der Waals surface area contributed by atoms with Crippen LogP contribution in [0, 0.1) is 6.92 Å². The molecule has 1 amide bonds. The Bertz CT molecular complexity index is 1440. The van der Waals surface area contributed by atoms with Gasteiger partial charge in [0.15, 0.2) is 10.9 Å². The molecule has 1 aromatic carbocycles. The van der Waals surface area contributed by atoms with Gasteiger partial charge in [-0.1, -0.05) is 41.7 Å². The normalized spacial score (nSPS) is 10.9. The van der Waals surface area contributed by atoms with Crippen LogP contribution in [0.3, 0.4) is 0 Å². The standard InChI is InChI=1S/C21H16N4O5S2/c1-10-16(11(2)26)32-21(22-10)23-14(27)8-25-17(12-6-4-3-5-7-12)24-18-15(19(25)28)13(9-31-18)20(29)30/h3-7,9H,8H2,1-2H3,(H,29,30)(H,22,23,27). The van der Waals surface area contributed by atoms with Crippen molar-refractivity contribution in [3.63, 3.8) is 0 Å². The van der Waals surface area contributed by atoms with E-state index in [4.69, 9.17) is 0 Å². The molecule has 0 saturated heterocycles. The summed E-state index contributed by atoms with van der Waals surface area (Å²) in [7, 11) is 0. The van der Waals surface area contributed by atoms with E-state index in [1.165, 1.54) is 12.3 Å². The molecule has 162 valence electrons. The highest BCUT2D eigenvalue weighted by atomic mass is 32.1. The number of rotatable bonds is 6. The Hall–Kier alpha value is -3.70. The number of aromatic nitrogens is 3. The molecule has 32 heavy (non-hydrogen) atoms. The number of anilines is 1. The van der Waals surface area contributed by atoms with Gasteiger partial charge in [0.2, 0.25) is 5.91 Å². The highest BCUT2D eigenvalue weighted by Gasteiger charge is 2.22. The maximum absolute atomic E-state index is 13.3. The summed E-state index contributed by atoms with van der Waals surface area (Å²) in [5.74, 6) is -1.71. The molecule has 0 saturated carbocycles. The van der Waals surface area contributed by atoms with Crippen LogP contribution < -0.4 is 10.9 Å². The van der Waals surface area contributed by atoms with Crippen molar-refractivity contribution in [3.05, 3.63) is 62.2 Å². The van der Waals surface area contributed by atoms with Crippen LogP contribution in [-0.2, 0) is 11.3 Å². The second kappa shape index (κ2) is 8.44. The highest BCUT2D eigenvalue weighted by molar-refractivity contribution is 7.18. The van der Waals surface area contributed by atoms with Crippen LogP contribution in [0.15, 0.2) is 40.5 Å². The lowest BCUT2D eigenvalue weighted by atomic mass is 10.2. The number of hydrogen-bond acceptors (Lipinski definition) is 8. The Labute approximate surface area is 189 Å². The van der Waals surface area contributed by atoms with Crippen molar-refractivity contribution in [2.75, 3.05) is 5.32 Å². The summed E-state index contributed by atoms with van der Waals surface area (Å²) in [6, 6.07) is 8.85. The quantitative estimate of drug-likeness (QED) is 0.414.